The molecule has 3 aromatic rings. The first-order valence-electron chi connectivity index (χ1n) is 13.6. The van der Waals surface area contributed by atoms with Gasteiger partial charge in [-0.15, -0.1) is 0 Å². The Morgan fingerprint density at radius 3 is 2.49 bits per heavy atom. The number of benzene rings is 3. The molecule has 2 heterocycles. The van der Waals surface area contributed by atoms with Gasteiger partial charge in [-0.3, -0.25) is 9.69 Å². The Labute approximate surface area is 237 Å². The second-order valence-electron chi connectivity index (χ2n) is 10.4. The van der Waals surface area contributed by atoms with Crippen molar-refractivity contribution in [3.8, 4) is 5.75 Å². The number of rotatable bonds is 9. The molecule has 2 N–H and O–H groups in total. The van der Waals surface area contributed by atoms with Gasteiger partial charge in [0.05, 0.1) is 29.1 Å². The lowest BCUT2D eigenvalue weighted by molar-refractivity contribution is -0.137. The van der Waals surface area contributed by atoms with E-state index in [1.54, 1.807) is 30.3 Å². The van der Waals surface area contributed by atoms with Crippen LogP contribution in [0.4, 0.5) is 13.2 Å². The lowest BCUT2D eigenvalue weighted by Gasteiger charge is -2.28. The molecule has 0 unspecified atom stereocenters. The normalized spacial score (nSPS) is 18.4. The van der Waals surface area contributed by atoms with Gasteiger partial charge in [0.25, 0.3) is 0 Å². The Morgan fingerprint density at radius 1 is 1.00 bits per heavy atom. The monoisotopic (exact) mass is 587 g/mol. The van der Waals surface area contributed by atoms with E-state index in [1.807, 2.05) is 18.2 Å². The van der Waals surface area contributed by atoms with E-state index in [2.05, 4.69) is 14.9 Å². The number of sulfonamides is 1. The Kier molecular flexibility index (Phi) is 8.67. The van der Waals surface area contributed by atoms with E-state index in [-0.39, 0.29) is 12.5 Å². The highest BCUT2D eigenvalue weighted by Crippen LogP contribution is 2.34. The number of fused-ring (bicyclic) bond motifs is 1. The smallest absolute Gasteiger partial charge is 0.416 e. The van der Waals surface area contributed by atoms with Crippen LogP contribution in [0.15, 0.2) is 77.7 Å². The molecule has 7 nitrogen and oxygen atoms in total. The quantitative estimate of drug-likeness (QED) is 0.353. The van der Waals surface area contributed by atoms with Crippen LogP contribution in [0.25, 0.3) is 0 Å². The van der Waals surface area contributed by atoms with Crippen LogP contribution in [0.5, 0.6) is 5.75 Å². The number of halogens is 3. The van der Waals surface area contributed by atoms with Crippen molar-refractivity contribution in [1.29, 1.82) is 0 Å². The zero-order valence-corrected chi connectivity index (χ0v) is 23.2. The Hall–Kier alpha value is -3.41. The van der Waals surface area contributed by atoms with Gasteiger partial charge in [0.2, 0.25) is 15.9 Å². The van der Waals surface area contributed by atoms with Crippen molar-refractivity contribution in [2.24, 2.45) is 0 Å². The molecule has 2 aliphatic heterocycles. The van der Waals surface area contributed by atoms with Gasteiger partial charge in [0, 0.05) is 24.9 Å². The highest BCUT2D eigenvalue weighted by Gasteiger charge is 2.33. The zero-order valence-electron chi connectivity index (χ0n) is 22.4. The molecule has 1 fully saturated rings. The predicted octanol–water partition coefficient (Wildman–Crippen LogP) is 5.35. The first-order chi connectivity index (χ1) is 19.6. The van der Waals surface area contributed by atoms with Crippen molar-refractivity contribution in [2.45, 2.75) is 55.4 Å². The van der Waals surface area contributed by atoms with Crippen LogP contribution < -0.4 is 14.8 Å². The van der Waals surface area contributed by atoms with E-state index in [4.69, 9.17) is 4.74 Å². The van der Waals surface area contributed by atoms with Crippen molar-refractivity contribution in [3.63, 3.8) is 0 Å². The van der Waals surface area contributed by atoms with Crippen LogP contribution in [0.3, 0.4) is 0 Å². The molecule has 2 atom stereocenters. The second-order valence-corrected chi connectivity index (χ2v) is 12.1. The van der Waals surface area contributed by atoms with Gasteiger partial charge in [-0.05, 0) is 61.3 Å². The Morgan fingerprint density at radius 2 is 1.76 bits per heavy atom. The molecule has 2 aliphatic rings. The summed E-state index contributed by atoms with van der Waals surface area (Å²) in [5.74, 6) is 0.327. The lowest BCUT2D eigenvalue weighted by Crippen LogP contribution is -2.36. The minimum absolute atomic E-state index is 0.248. The third-order valence-corrected chi connectivity index (χ3v) is 8.89. The standard InChI is InChI=1S/C30H32F3N3O4S/c31-30(32,33)23-9-6-10-24(18-23)41(38,39)35-27(22-7-2-1-3-8-22)19-29(37)34-26-13-16-40-28-17-21(11-12-25(26)28)20-36-14-4-5-15-36/h1-3,6-12,17-18,26-27,35H,4-5,13-16,19-20H2,(H,34,37)/t26-,27-/m1/s1. The number of hydrogen-bond acceptors (Lipinski definition) is 5. The Bertz CT molecular complexity index is 1480. The van der Waals surface area contributed by atoms with E-state index in [0.717, 1.165) is 54.7 Å². The predicted molar refractivity (Wildman–Crippen MR) is 148 cm³/mol. The van der Waals surface area contributed by atoms with Gasteiger partial charge >= 0.3 is 6.18 Å². The molecule has 0 spiro atoms. The highest BCUT2D eigenvalue weighted by molar-refractivity contribution is 7.89. The number of carbonyl (C=O) groups is 1. The van der Waals surface area contributed by atoms with Crippen molar-refractivity contribution < 1.29 is 31.1 Å². The van der Waals surface area contributed by atoms with Gasteiger partial charge in [-0.25, -0.2) is 13.1 Å². The number of carbonyl (C=O) groups excluding carboxylic acids is 1. The fourth-order valence-corrected chi connectivity index (χ4v) is 6.60. The first kappa shape index (κ1) is 29.1. The van der Waals surface area contributed by atoms with Crippen LogP contribution in [0.1, 0.15) is 60.0 Å². The molecule has 0 bridgehead atoms. The van der Waals surface area contributed by atoms with Crippen LogP contribution in [0.2, 0.25) is 0 Å². The maximum Gasteiger partial charge on any atom is 0.416 e. The summed E-state index contributed by atoms with van der Waals surface area (Å²) < 4.78 is 74.3. The van der Waals surface area contributed by atoms with Crippen LogP contribution in [-0.2, 0) is 27.5 Å². The van der Waals surface area contributed by atoms with E-state index in [0.29, 0.717) is 24.7 Å². The molecule has 41 heavy (non-hydrogen) atoms. The summed E-state index contributed by atoms with van der Waals surface area (Å²) in [6.45, 7) is 3.43. The molecule has 0 radical (unpaired) electrons. The van der Waals surface area contributed by atoms with E-state index < -0.39 is 38.6 Å². The van der Waals surface area contributed by atoms with Crippen molar-refractivity contribution >= 4 is 15.9 Å². The highest BCUT2D eigenvalue weighted by atomic mass is 32.2. The van der Waals surface area contributed by atoms with Gasteiger partial charge in [-0.1, -0.05) is 48.5 Å². The van der Waals surface area contributed by atoms with E-state index >= 15 is 0 Å². The third-order valence-electron chi connectivity index (χ3n) is 7.42. The summed E-state index contributed by atoms with van der Waals surface area (Å²) >= 11 is 0. The largest absolute Gasteiger partial charge is 0.493 e. The maximum atomic E-state index is 13.3. The summed E-state index contributed by atoms with van der Waals surface area (Å²) in [4.78, 5) is 15.1. The number of nitrogens with zero attached hydrogens (tertiary/aromatic N) is 1. The molecule has 0 aromatic heterocycles. The maximum absolute atomic E-state index is 13.3. The summed E-state index contributed by atoms with van der Waals surface area (Å²) in [7, 11) is -4.39. The molecule has 3 aromatic carbocycles. The minimum atomic E-state index is -4.70. The molecule has 5 rings (SSSR count). The summed E-state index contributed by atoms with van der Waals surface area (Å²) in [5.41, 5.74) is 1.44. The fourth-order valence-electron chi connectivity index (χ4n) is 5.33. The number of ether oxygens (including phenoxy) is 1. The van der Waals surface area contributed by atoms with Crippen molar-refractivity contribution in [2.75, 3.05) is 19.7 Å². The Balaban J connectivity index is 1.31. The topological polar surface area (TPSA) is 87.7 Å². The average Bonchev–Trinajstić information content (AvgIpc) is 3.46. The van der Waals surface area contributed by atoms with Gasteiger partial charge < -0.3 is 10.1 Å². The van der Waals surface area contributed by atoms with Gasteiger partial charge in [0.15, 0.2) is 0 Å². The molecule has 11 heteroatoms. The zero-order chi connectivity index (χ0) is 29.0. The fraction of sp³-hybridized carbons (Fsp3) is 0.367. The molecular weight excluding hydrogens is 555 g/mol. The number of hydrogen-bond donors (Lipinski definition) is 2. The summed E-state index contributed by atoms with van der Waals surface area (Å²) in [6.07, 6.45) is -1.98. The van der Waals surface area contributed by atoms with E-state index in [9.17, 15) is 26.4 Å². The number of amides is 1. The van der Waals surface area contributed by atoms with Crippen LogP contribution >= 0.6 is 0 Å². The number of likely N-dealkylation sites (tertiary alicyclic amines) is 1. The average molecular weight is 588 g/mol. The van der Waals surface area contributed by atoms with Crippen molar-refractivity contribution in [3.05, 3.63) is 95.1 Å². The molecule has 1 amide bonds. The second kappa shape index (κ2) is 12.2. The molecular formula is C30H32F3N3O4S. The minimum Gasteiger partial charge on any atom is -0.493 e. The summed E-state index contributed by atoms with van der Waals surface area (Å²) in [6, 6.07) is 16.7. The molecule has 1 saturated heterocycles. The number of alkyl halides is 3. The van der Waals surface area contributed by atoms with Crippen LogP contribution in [0, 0.1) is 0 Å². The molecule has 218 valence electrons. The first-order valence-corrected chi connectivity index (χ1v) is 15.1. The van der Waals surface area contributed by atoms with Crippen LogP contribution in [-0.4, -0.2) is 38.9 Å². The van der Waals surface area contributed by atoms with Gasteiger partial charge in [-0.2, -0.15) is 13.2 Å². The van der Waals surface area contributed by atoms with Crippen molar-refractivity contribution in [1.82, 2.24) is 14.9 Å². The molecule has 0 aliphatic carbocycles. The SMILES string of the molecule is O=C(C[C@@H](NS(=O)(=O)c1cccc(C(F)(F)F)c1)c1ccccc1)N[C@@H]1CCOc2cc(CN3CCCC3)ccc21. The van der Waals surface area contributed by atoms with E-state index in [1.165, 1.54) is 12.8 Å². The number of nitrogens with one attached hydrogen (secondary N) is 2. The third kappa shape index (κ3) is 7.27. The van der Waals surface area contributed by atoms with Gasteiger partial charge in [0.1, 0.15) is 5.75 Å². The molecule has 0 saturated carbocycles. The summed E-state index contributed by atoms with van der Waals surface area (Å²) in [5, 5.41) is 3.01. The lowest BCUT2D eigenvalue weighted by atomic mass is 9.97.